The minimum atomic E-state index is -1.63. The molecular weight excluding hydrogens is 509 g/mol. The van der Waals surface area contributed by atoms with E-state index in [1.54, 1.807) is 15.5 Å². The molecule has 1 amide bonds. The van der Waals surface area contributed by atoms with Crippen molar-refractivity contribution in [3.8, 4) is 6.07 Å². The first-order valence-corrected chi connectivity index (χ1v) is 14.3. The van der Waals surface area contributed by atoms with E-state index >= 15 is 4.39 Å². The number of halogens is 1. The predicted octanol–water partition coefficient (Wildman–Crippen LogP) is 5.27. The SMILES string of the molecule is CC(C)C(=O)N1CCC(F)(c2cc(SNC3(C)CC3)cn3c(C(=N)SC(=N)C4(C#N)CC4)ncc23)CC1. The van der Waals surface area contributed by atoms with Gasteiger partial charge in [-0.1, -0.05) is 25.6 Å². The number of nitrogens with one attached hydrogen (secondary N) is 3. The summed E-state index contributed by atoms with van der Waals surface area (Å²) in [6.07, 6.45) is 7.30. The summed E-state index contributed by atoms with van der Waals surface area (Å²) in [5.74, 6) is 0.253. The molecule has 2 aromatic heterocycles. The van der Waals surface area contributed by atoms with Gasteiger partial charge in [0.1, 0.15) is 16.1 Å². The largest absolute Gasteiger partial charge is 0.342 e. The van der Waals surface area contributed by atoms with E-state index in [1.807, 2.05) is 26.1 Å². The first-order valence-electron chi connectivity index (χ1n) is 12.7. The van der Waals surface area contributed by atoms with Gasteiger partial charge in [0.05, 0.1) is 22.8 Å². The van der Waals surface area contributed by atoms with Crippen molar-refractivity contribution in [2.75, 3.05) is 13.1 Å². The van der Waals surface area contributed by atoms with Gasteiger partial charge in [0, 0.05) is 54.0 Å². The third-order valence-electron chi connectivity index (χ3n) is 7.68. The maximum absolute atomic E-state index is 16.6. The number of aromatic nitrogens is 2. The quantitative estimate of drug-likeness (QED) is 0.250. The van der Waals surface area contributed by atoms with Gasteiger partial charge in [-0.25, -0.2) is 9.37 Å². The predicted molar refractivity (Wildman–Crippen MR) is 145 cm³/mol. The molecule has 0 aromatic carbocycles. The van der Waals surface area contributed by atoms with E-state index in [-0.39, 0.29) is 40.3 Å². The fraction of sp³-hybridized carbons (Fsp3) is 0.577. The van der Waals surface area contributed by atoms with Crippen LogP contribution in [-0.4, -0.2) is 48.9 Å². The molecule has 0 radical (unpaired) electrons. The Hall–Kier alpha value is -2.42. The second kappa shape index (κ2) is 9.40. The lowest BCUT2D eigenvalue weighted by Crippen LogP contribution is -2.45. The Balaban J connectivity index is 1.47. The van der Waals surface area contributed by atoms with Crippen LogP contribution in [0.15, 0.2) is 23.4 Å². The van der Waals surface area contributed by atoms with Crippen LogP contribution in [0.5, 0.6) is 0 Å². The molecule has 3 heterocycles. The van der Waals surface area contributed by atoms with Gasteiger partial charge < -0.3 is 4.90 Å². The maximum Gasteiger partial charge on any atom is 0.225 e. The highest BCUT2D eigenvalue weighted by atomic mass is 32.2. The van der Waals surface area contributed by atoms with E-state index in [0.29, 0.717) is 42.8 Å². The second-order valence-electron chi connectivity index (χ2n) is 11.1. The average Bonchev–Trinajstić information content (AvgIpc) is 3.79. The van der Waals surface area contributed by atoms with Crippen LogP contribution >= 0.6 is 23.7 Å². The smallest absolute Gasteiger partial charge is 0.225 e. The third-order valence-corrected chi connectivity index (χ3v) is 9.72. The Morgan fingerprint density at radius 2 is 1.89 bits per heavy atom. The minimum Gasteiger partial charge on any atom is -0.342 e. The van der Waals surface area contributed by atoms with Crippen molar-refractivity contribution in [3.63, 3.8) is 0 Å². The van der Waals surface area contributed by atoms with Crippen LogP contribution in [0.4, 0.5) is 4.39 Å². The molecule has 8 nitrogen and oxygen atoms in total. The number of hydrogen-bond donors (Lipinski definition) is 3. The molecule has 2 aliphatic carbocycles. The molecule has 3 N–H and O–H groups in total. The topological polar surface area (TPSA) is 121 Å². The second-order valence-corrected chi connectivity index (χ2v) is 13.0. The van der Waals surface area contributed by atoms with Gasteiger partial charge in [0.25, 0.3) is 0 Å². The number of piperidine rings is 1. The van der Waals surface area contributed by atoms with Crippen LogP contribution in [-0.2, 0) is 10.5 Å². The number of rotatable bonds is 7. The van der Waals surface area contributed by atoms with Crippen molar-refractivity contribution >= 4 is 45.2 Å². The standard InChI is InChI=1S/C26H32FN7OS2/c1-16(2)22(35)33-10-8-26(27,9-11-33)18-12-17(37-32-24(3)4-5-24)14-34-19(18)13-31-21(34)20(29)36-23(30)25(15-28)6-7-25/h12-14,16,29-30,32H,4-11H2,1-3H3. The van der Waals surface area contributed by atoms with Crippen molar-refractivity contribution in [2.45, 2.75) is 75.4 Å². The zero-order valence-corrected chi connectivity index (χ0v) is 23.0. The normalized spacial score (nSPS) is 21.0. The Morgan fingerprint density at radius 1 is 1.22 bits per heavy atom. The molecule has 2 saturated carbocycles. The van der Waals surface area contributed by atoms with Gasteiger partial charge in [0.15, 0.2) is 5.82 Å². The Kier molecular flexibility index (Phi) is 6.66. The fourth-order valence-corrected chi connectivity index (χ4v) is 6.40. The van der Waals surface area contributed by atoms with Crippen LogP contribution < -0.4 is 4.72 Å². The first-order chi connectivity index (χ1) is 17.5. The summed E-state index contributed by atoms with van der Waals surface area (Å²) in [6.45, 7) is 6.58. The molecule has 0 spiro atoms. The van der Waals surface area contributed by atoms with Crippen molar-refractivity contribution < 1.29 is 9.18 Å². The lowest BCUT2D eigenvalue weighted by atomic mass is 9.85. The van der Waals surface area contributed by atoms with Crippen molar-refractivity contribution in [1.82, 2.24) is 19.0 Å². The van der Waals surface area contributed by atoms with Crippen LogP contribution in [0.2, 0.25) is 0 Å². The van der Waals surface area contributed by atoms with Crippen LogP contribution in [0.1, 0.15) is 70.7 Å². The van der Waals surface area contributed by atoms with Crippen LogP contribution in [0.3, 0.4) is 0 Å². The number of nitriles is 1. The number of carbonyl (C=O) groups excluding carboxylic acids is 1. The summed E-state index contributed by atoms with van der Waals surface area (Å²) in [5, 5.41) is 26.7. The lowest BCUT2D eigenvalue weighted by molar-refractivity contribution is -0.137. The number of likely N-dealkylation sites (tertiary alicyclic amines) is 1. The molecular formula is C26H32FN7OS2. The van der Waals surface area contributed by atoms with E-state index in [1.165, 1.54) is 11.9 Å². The van der Waals surface area contributed by atoms with E-state index in [0.717, 1.165) is 29.5 Å². The molecule has 1 aliphatic heterocycles. The molecule has 2 aromatic rings. The minimum absolute atomic E-state index is 0.0451. The number of pyridine rings is 1. The molecule has 0 atom stereocenters. The van der Waals surface area contributed by atoms with Gasteiger partial charge in [-0.15, -0.1) is 0 Å². The average molecular weight is 542 g/mol. The molecule has 1 saturated heterocycles. The number of alkyl halides is 1. The summed E-state index contributed by atoms with van der Waals surface area (Å²) in [5.41, 5.74) is -1.24. The van der Waals surface area contributed by atoms with Crippen molar-refractivity contribution in [1.29, 1.82) is 16.1 Å². The fourth-order valence-electron chi connectivity index (χ4n) is 4.60. The molecule has 0 unspecified atom stereocenters. The van der Waals surface area contributed by atoms with Gasteiger partial charge in [-0.05, 0) is 50.6 Å². The Labute approximate surface area is 224 Å². The molecule has 196 valence electrons. The number of hydrogen-bond acceptors (Lipinski definition) is 8. The van der Waals surface area contributed by atoms with E-state index in [2.05, 4.69) is 22.7 Å². The number of nitrogens with zero attached hydrogens (tertiary/aromatic N) is 4. The number of thioether (sulfide) groups is 1. The number of amides is 1. The summed E-state index contributed by atoms with van der Waals surface area (Å²) in [6, 6.07) is 4.08. The third kappa shape index (κ3) is 5.03. The van der Waals surface area contributed by atoms with E-state index in [9.17, 15) is 10.1 Å². The molecule has 3 aliphatic rings. The lowest BCUT2D eigenvalue weighted by Gasteiger charge is -2.37. The van der Waals surface area contributed by atoms with Crippen molar-refractivity contribution in [3.05, 3.63) is 29.8 Å². The first kappa shape index (κ1) is 26.2. The van der Waals surface area contributed by atoms with Gasteiger partial charge in [-0.2, -0.15) is 5.26 Å². The summed E-state index contributed by atoms with van der Waals surface area (Å²) in [4.78, 5) is 19.5. The Bertz CT molecular complexity index is 1310. The van der Waals surface area contributed by atoms with E-state index < -0.39 is 11.1 Å². The molecule has 3 fully saturated rings. The molecule has 0 bridgehead atoms. The zero-order chi connectivity index (χ0) is 26.6. The van der Waals surface area contributed by atoms with Crippen LogP contribution in [0.25, 0.3) is 5.52 Å². The summed E-state index contributed by atoms with van der Waals surface area (Å²) < 4.78 is 21.9. The number of carbonyl (C=O) groups is 1. The van der Waals surface area contributed by atoms with E-state index in [4.69, 9.17) is 10.8 Å². The monoisotopic (exact) mass is 541 g/mol. The highest BCUT2D eigenvalue weighted by molar-refractivity contribution is 8.26. The summed E-state index contributed by atoms with van der Waals surface area (Å²) >= 11 is 2.40. The van der Waals surface area contributed by atoms with Gasteiger partial charge in [-0.3, -0.25) is 24.7 Å². The maximum atomic E-state index is 16.6. The van der Waals surface area contributed by atoms with Gasteiger partial charge >= 0.3 is 0 Å². The van der Waals surface area contributed by atoms with Gasteiger partial charge in [0.2, 0.25) is 5.91 Å². The van der Waals surface area contributed by atoms with Crippen molar-refractivity contribution in [2.24, 2.45) is 11.3 Å². The molecule has 11 heteroatoms. The molecule has 37 heavy (non-hydrogen) atoms. The highest BCUT2D eigenvalue weighted by Gasteiger charge is 2.48. The van der Waals surface area contributed by atoms with Crippen LogP contribution in [0, 0.1) is 33.5 Å². The number of fused-ring (bicyclic) bond motifs is 1. The Morgan fingerprint density at radius 3 is 2.46 bits per heavy atom. The molecule has 5 rings (SSSR count). The zero-order valence-electron chi connectivity index (χ0n) is 21.4. The summed E-state index contributed by atoms with van der Waals surface area (Å²) in [7, 11) is 0. The number of imidazole rings is 1. The highest BCUT2D eigenvalue weighted by Crippen LogP contribution is 2.49.